The minimum absolute atomic E-state index is 0.284. The molecule has 2 rings (SSSR count). The number of nitrogens with one attached hydrogen (secondary N) is 1. The number of rotatable bonds is 6. The van der Waals surface area contributed by atoms with Crippen molar-refractivity contribution in [2.75, 3.05) is 45.0 Å². The van der Waals surface area contributed by atoms with Crippen LogP contribution in [-0.4, -0.2) is 68.7 Å². The van der Waals surface area contributed by atoms with Crippen LogP contribution >= 0.6 is 0 Å². The lowest BCUT2D eigenvalue weighted by molar-refractivity contribution is 0.257. The molecule has 0 amide bonds. The highest BCUT2D eigenvalue weighted by atomic mass is 32.2. The van der Waals surface area contributed by atoms with Crippen molar-refractivity contribution in [2.45, 2.75) is 38.6 Å². The van der Waals surface area contributed by atoms with E-state index in [0.717, 1.165) is 39.0 Å². The molecule has 0 aromatic heterocycles. The quantitative estimate of drug-likeness (QED) is 0.723. The third-order valence-electron chi connectivity index (χ3n) is 4.17. The Kier molecular flexibility index (Phi) is 5.62. The Bertz CT molecular complexity index is 372. The van der Waals surface area contributed by atoms with Crippen LogP contribution < -0.4 is 5.32 Å². The maximum absolute atomic E-state index is 12.4. The summed E-state index contributed by atoms with van der Waals surface area (Å²) in [6.45, 7) is 7.37. The normalized spacial score (nSPS) is 26.3. The molecular weight excluding hydrogens is 262 g/mol. The molecule has 2 aliphatic rings. The first-order valence-electron chi connectivity index (χ1n) is 7.56. The van der Waals surface area contributed by atoms with Gasteiger partial charge in [-0.15, -0.1) is 0 Å². The molecule has 2 fully saturated rings. The summed E-state index contributed by atoms with van der Waals surface area (Å²) in [6, 6.07) is 0.464. The van der Waals surface area contributed by atoms with Gasteiger partial charge in [-0.2, -0.15) is 0 Å². The van der Waals surface area contributed by atoms with E-state index in [1.54, 1.807) is 4.31 Å². The third kappa shape index (κ3) is 4.15. The van der Waals surface area contributed by atoms with E-state index in [2.05, 4.69) is 10.2 Å². The second kappa shape index (κ2) is 7.02. The van der Waals surface area contributed by atoms with Gasteiger partial charge in [0.25, 0.3) is 0 Å². The van der Waals surface area contributed by atoms with Crippen molar-refractivity contribution in [2.24, 2.45) is 0 Å². The molecule has 0 spiro atoms. The van der Waals surface area contributed by atoms with Gasteiger partial charge in [0.15, 0.2) is 0 Å². The number of hydrogen-bond acceptors (Lipinski definition) is 4. The van der Waals surface area contributed by atoms with Crippen molar-refractivity contribution in [3.8, 4) is 0 Å². The van der Waals surface area contributed by atoms with E-state index in [1.165, 1.54) is 6.42 Å². The molecule has 1 N–H and O–H groups in total. The Hall–Kier alpha value is -0.170. The fraction of sp³-hybridized carbons (Fsp3) is 1.00. The lowest BCUT2D eigenvalue weighted by Gasteiger charge is -2.25. The molecule has 1 atom stereocenters. The number of fused-ring (bicyclic) bond motifs is 1. The van der Waals surface area contributed by atoms with E-state index < -0.39 is 10.0 Å². The summed E-state index contributed by atoms with van der Waals surface area (Å²) in [4.78, 5) is 2.47. The van der Waals surface area contributed by atoms with E-state index in [9.17, 15) is 8.42 Å². The fourth-order valence-corrected chi connectivity index (χ4v) is 4.68. The van der Waals surface area contributed by atoms with Gasteiger partial charge in [-0.1, -0.05) is 6.92 Å². The van der Waals surface area contributed by atoms with E-state index in [4.69, 9.17) is 0 Å². The first kappa shape index (κ1) is 15.2. The zero-order chi connectivity index (χ0) is 13.7. The van der Waals surface area contributed by atoms with Gasteiger partial charge < -0.3 is 5.32 Å². The molecule has 6 heteroatoms. The zero-order valence-corrected chi connectivity index (χ0v) is 12.8. The Balaban J connectivity index is 1.88. The van der Waals surface area contributed by atoms with Crippen LogP contribution in [0.25, 0.3) is 0 Å². The second-order valence-electron chi connectivity index (χ2n) is 5.57. The predicted octanol–water partition coefficient (Wildman–Crippen LogP) is 0.486. The molecule has 0 aromatic rings. The smallest absolute Gasteiger partial charge is 0.214 e. The van der Waals surface area contributed by atoms with Gasteiger partial charge in [0, 0.05) is 19.1 Å². The summed E-state index contributed by atoms with van der Waals surface area (Å²) in [5, 5.41) is 3.18. The predicted molar refractivity (Wildman–Crippen MR) is 77.7 cm³/mol. The highest BCUT2D eigenvalue weighted by Gasteiger charge is 2.33. The summed E-state index contributed by atoms with van der Waals surface area (Å²) in [7, 11) is -3.06. The van der Waals surface area contributed by atoms with Crippen molar-refractivity contribution in [3.05, 3.63) is 0 Å². The minimum atomic E-state index is -3.06. The van der Waals surface area contributed by atoms with Crippen molar-refractivity contribution >= 4 is 10.0 Å². The SMILES string of the molecule is CCNCCCS(=O)(=O)N1CCCN2CCCC2C1. The molecule has 0 radical (unpaired) electrons. The van der Waals surface area contributed by atoms with Crippen LogP contribution in [0, 0.1) is 0 Å². The number of hydrogen-bond donors (Lipinski definition) is 1. The van der Waals surface area contributed by atoms with E-state index >= 15 is 0 Å². The monoisotopic (exact) mass is 289 g/mol. The molecule has 112 valence electrons. The Labute approximate surface area is 117 Å². The average Bonchev–Trinajstić information content (AvgIpc) is 2.71. The van der Waals surface area contributed by atoms with Gasteiger partial charge in [-0.3, -0.25) is 4.90 Å². The van der Waals surface area contributed by atoms with Crippen LogP contribution in [-0.2, 0) is 10.0 Å². The number of nitrogens with zero attached hydrogens (tertiary/aromatic N) is 2. The summed E-state index contributed by atoms with van der Waals surface area (Å²) in [5.74, 6) is 0.284. The summed E-state index contributed by atoms with van der Waals surface area (Å²) >= 11 is 0. The van der Waals surface area contributed by atoms with Crippen molar-refractivity contribution in [1.82, 2.24) is 14.5 Å². The Morgan fingerprint density at radius 2 is 2.00 bits per heavy atom. The molecule has 0 aliphatic carbocycles. The molecule has 0 saturated carbocycles. The van der Waals surface area contributed by atoms with Crippen LogP contribution in [0.5, 0.6) is 0 Å². The largest absolute Gasteiger partial charge is 0.317 e. The van der Waals surface area contributed by atoms with Crippen LogP contribution in [0.4, 0.5) is 0 Å². The molecule has 0 aromatic carbocycles. The van der Waals surface area contributed by atoms with Crippen molar-refractivity contribution in [3.63, 3.8) is 0 Å². The average molecular weight is 289 g/mol. The first-order valence-corrected chi connectivity index (χ1v) is 9.17. The first-order chi connectivity index (χ1) is 9.13. The molecule has 19 heavy (non-hydrogen) atoms. The van der Waals surface area contributed by atoms with Crippen LogP contribution in [0.3, 0.4) is 0 Å². The summed E-state index contributed by atoms with van der Waals surface area (Å²) in [5.41, 5.74) is 0. The lowest BCUT2D eigenvalue weighted by atomic mass is 10.2. The molecule has 2 heterocycles. The molecular formula is C13H27N3O2S. The highest BCUT2D eigenvalue weighted by molar-refractivity contribution is 7.89. The van der Waals surface area contributed by atoms with Gasteiger partial charge >= 0.3 is 0 Å². The molecule has 5 nitrogen and oxygen atoms in total. The minimum Gasteiger partial charge on any atom is -0.317 e. The zero-order valence-electron chi connectivity index (χ0n) is 12.0. The molecule has 0 bridgehead atoms. The van der Waals surface area contributed by atoms with Crippen LogP contribution in [0.15, 0.2) is 0 Å². The lowest BCUT2D eigenvalue weighted by Crippen LogP contribution is -2.40. The van der Waals surface area contributed by atoms with Gasteiger partial charge in [0.2, 0.25) is 10.0 Å². The van der Waals surface area contributed by atoms with Crippen LogP contribution in [0.2, 0.25) is 0 Å². The Morgan fingerprint density at radius 3 is 2.79 bits per heavy atom. The summed E-state index contributed by atoms with van der Waals surface area (Å²) in [6.07, 6.45) is 4.06. The van der Waals surface area contributed by atoms with E-state index in [1.807, 2.05) is 6.92 Å². The van der Waals surface area contributed by atoms with Gasteiger partial charge in [-0.05, 0) is 51.9 Å². The summed E-state index contributed by atoms with van der Waals surface area (Å²) < 4.78 is 26.5. The third-order valence-corrected chi connectivity index (χ3v) is 6.09. The number of sulfonamides is 1. The maximum atomic E-state index is 12.4. The van der Waals surface area contributed by atoms with E-state index in [0.29, 0.717) is 25.6 Å². The van der Waals surface area contributed by atoms with E-state index in [-0.39, 0.29) is 5.75 Å². The van der Waals surface area contributed by atoms with Gasteiger partial charge in [-0.25, -0.2) is 12.7 Å². The highest BCUT2D eigenvalue weighted by Crippen LogP contribution is 2.22. The molecule has 2 saturated heterocycles. The molecule has 1 unspecified atom stereocenters. The second-order valence-corrected chi connectivity index (χ2v) is 7.66. The Morgan fingerprint density at radius 1 is 1.21 bits per heavy atom. The maximum Gasteiger partial charge on any atom is 0.214 e. The molecule has 2 aliphatic heterocycles. The van der Waals surface area contributed by atoms with Crippen LogP contribution in [0.1, 0.15) is 32.6 Å². The van der Waals surface area contributed by atoms with Crippen molar-refractivity contribution in [1.29, 1.82) is 0 Å². The standard InChI is InChI=1S/C13H27N3O2S/c1-2-14-7-4-11-19(17,18)16-10-5-9-15-8-3-6-13(15)12-16/h13-14H,2-12H2,1H3. The van der Waals surface area contributed by atoms with Crippen molar-refractivity contribution < 1.29 is 8.42 Å². The van der Waals surface area contributed by atoms with Gasteiger partial charge in [0.05, 0.1) is 5.75 Å². The van der Waals surface area contributed by atoms with Gasteiger partial charge in [0.1, 0.15) is 0 Å². The fourth-order valence-electron chi connectivity index (χ4n) is 3.11. The topological polar surface area (TPSA) is 52.7 Å².